The van der Waals surface area contributed by atoms with Crippen molar-refractivity contribution in [3.63, 3.8) is 0 Å². The molecule has 1 atom stereocenters. The van der Waals surface area contributed by atoms with Crippen molar-refractivity contribution in [3.05, 3.63) is 52.5 Å². The van der Waals surface area contributed by atoms with Crippen molar-refractivity contribution in [1.29, 1.82) is 0 Å². The van der Waals surface area contributed by atoms with E-state index in [2.05, 4.69) is 5.32 Å². The van der Waals surface area contributed by atoms with Crippen molar-refractivity contribution in [1.82, 2.24) is 0 Å². The van der Waals surface area contributed by atoms with Crippen LogP contribution in [0, 0.1) is 13.8 Å². The van der Waals surface area contributed by atoms with Crippen molar-refractivity contribution in [2.75, 3.05) is 25.1 Å². The third kappa shape index (κ3) is 5.62. The van der Waals surface area contributed by atoms with Gasteiger partial charge in [0.15, 0.2) is 6.61 Å². The molecule has 0 aliphatic carbocycles. The Hall–Kier alpha value is -2.24. The second-order valence-electron chi connectivity index (χ2n) is 6.68. The number of carbonyl (C=O) groups is 1. The molecule has 2 aromatic rings. The minimum atomic E-state index is -0.239. The predicted molar refractivity (Wildman–Crippen MR) is 106 cm³/mol. The second-order valence-corrected chi connectivity index (χ2v) is 7.06. The second kappa shape index (κ2) is 9.11. The molecule has 1 aliphatic heterocycles. The van der Waals surface area contributed by atoms with E-state index in [1.165, 1.54) is 0 Å². The summed E-state index contributed by atoms with van der Waals surface area (Å²) in [6.07, 6.45) is 2.26. The van der Waals surface area contributed by atoms with Gasteiger partial charge in [0, 0.05) is 23.4 Å². The molecule has 0 radical (unpaired) electrons. The van der Waals surface area contributed by atoms with Crippen LogP contribution in [0.4, 0.5) is 5.69 Å². The van der Waals surface area contributed by atoms with Crippen LogP contribution in [-0.4, -0.2) is 31.8 Å². The molecule has 1 unspecified atom stereocenters. The summed E-state index contributed by atoms with van der Waals surface area (Å²) >= 11 is 6.15. The molecule has 27 heavy (non-hydrogen) atoms. The Morgan fingerprint density at radius 3 is 2.67 bits per heavy atom. The zero-order valence-corrected chi connectivity index (χ0v) is 16.3. The summed E-state index contributed by atoms with van der Waals surface area (Å²) < 4.78 is 16.9. The van der Waals surface area contributed by atoms with Gasteiger partial charge in [-0.2, -0.15) is 0 Å². The predicted octanol–water partition coefficient (Wildman–Crippen LogP) is 4.53. The maximum Gasteiger partial charge on any atom is 0.262 e. The molecule has 1 saturated heterocycles. The third-order valence-electron chi connectivity index (χ3n) is 4.36. The summed E-state index contributed by atoms with van der Waals surface area (Å²) in [5.41, 5.74) is 2.50. The van der Waals surface area contributed by atoms with E-state index < -0.39 is 0 Å². The van der Waals surface area contributed by atoms with Crippen LogP contribution < -0.4 is 14.8 Å². The molecule has 2 aromatic carbocycles. The Morgan fingerprint density at radius 1 is 1.19 bits per heavy atom. The van der Waals surface area contributed by atoms with E-state index in [0.29, 0.717) is 28.8 Å². The van der Waals surface area contributed by atoms with Crippen LogP contribution in [0.25, 0.3) is 0 Å². The molecular weight excluding hydrogens is 366 g/mol. The van der Waals surface area contributed by atoms with Gasteiger partial charge in [0.2, 0.25) is 0 Å². The molecule has 0 bridgehead atoms. The fraction of sp³-hybridized carbons (Fsp3) is 0.381. The van der Waals surface area contributed by atoms with Gasteiger partial charge in [-0.05, 0) is 62.1 Å². The number of aryl methyl sites for hydroxylation is 2. The van der Waals surface area contributed by atoms with Gasteiger partial charge in [0.25, 0.3) is 5.91 Å². The molecule has 5 nitrogen and oxygen atoms in total. The minimum absolute atomic E-state index is 0.0818. The molecule has 144 valence electrons. The lowest BCUT2D eigenvalue weighted by molar-refractivity contribution is -0.118. The summed E-state index contributed by atoms with van der Waals surface area (Å²) in [7, 11) is 0. The lowest BCUT2D eigenvalue weighted by Crippen LogP contribution is -2.20. The maximum atomic E-state index is 12.2. The first-order valence-electron chi connectivity index (χ1n) is 9.05. The number of ether oxygens (including phenoxy) is 3. The highest BCUT2D eigenvalue weighted by molar-refractivity contribution is 6.32. The standard InChI is InChI=1S/C21H24ClNO4/c1-14-9-19(10-15(2)21(14)22)27-13-20(24)23-16-5-3-6-17(11-16)26-12-18-7-4-8-25-18/h3,5-6,9-11,18H,4,7-8,12-13H2,1-2H3,(H,23,24). The molecule has 0 aromatic heterocycles. The molecule has 0 spiro atoms. The number of hydrogen-bond donors (Lipinski definition) is 1. The SMILES string of the molecule is Cc1cc(OCC(=O)Nc2cccc(OCC3CCCO3)c2)cc(C)c1Cl. The van der Waals surface area contributed by atoms with Gasteiger partial charge in [-0.25, -0.2) is 0 Å². The monoisotopic (exact) mass is 389 g/mol. The summed E-state index contributed by atoms with van der Waals surface area (Å²) in [5, 5.41) is 3.53. The Balaban J connectivity index is 1.50. The molecular formula is C21H24ClNO4. The molecule has 1 heterocycles. The van der Waals surface area contributed by atoms with Crippen LogP contribution >= 0.6 is 11.6 Å². The van der Waals surface area contributed by atoms with E-state index >= 15 is 0 Å². The van der Waals surface area contributed by atoms with Gasteiger partial charge in [-0.1, -0.05) is 17.7 Å². The van der Waals surface area contributed by atoms with E-state index in [-0.39, 0.29) is 18.6 Å². The van der Waals surface area contributed by atoms with E-state index in [4.69, 9.17) is 25.8 Å². The number of halogens is 1. The van der Waals surface area contributed by atoms with Gasteiger partial charge in [0.05, 0.1) is 6.10 Å². The van der Waals surface area contributed by atoms with E-state index in [9.17, 15) is 4.79 Å². The summed E-state index contributed by atoms with van der Waals surface area (Å²) in [4.78, 5) is 12.2. The fourth-order valence-corrected chi connectivity index (χ4v) is 3.07. The van der Waals surface area contributed by atoms with Crippen LogP contribution in [0.5, 0.6) is 11.5 Å². The third-order valence-corrected chi connectivity index (χ3v) is 4.95. The van der Waals surface area contributed by atoms with Crippen molar-refractivity contribution >= 4 is 23.2 Å². The van der Waals surface area contributed by atoms with Gasteiger partial charge in [-0.15, -0.1) is 0 Å². The zero-order valence-electron chi connectivity index (χ0n) is 15.6. The maximum absolute atomic E-state index is 12.2. The van der Waals surface area contributed by atoms with Crippen molar-refractivity contribution in [2.24, 2.45) is 0 Å². The van der Waals surface area contributed by atoms with Crippen LogP contribution in [0.2, 0.25) is 5.02 Å². The fourth-order valence-electron chi connectivity index (χ4n) is 2.96. The number of carbonyl (C=O) groups excluding carboxylic acids is 1. The summed E-state index contributed by atoms with van der Waals surface area (Å²) in [6.45, 7) is 5.06. The van der Waals surface area contributed by atoms with Gasteiger partial charge in [0.1, 0.15) is 18.1 Å². The zero-order chi connectivity index (χ0) is 19.2. The highest BCUT2D eigenvalue weighted by atomic mass is 35.5. The average molecular weight is 390 g/mol. The van der Waals surface area contributed by atoms with Gasteiger partial charge >= 0.3 is 0 Å². The number of benzene rings is 2. The molecule has 1 N–H and O–H groups in total. The molecule has 1 amide bonds. The quantitative estimate of drug-likeness (QED) is 0.755. The molecule has 1 fully saturated rings. The van der Waals surface area contributed by atoms with E-state index in [1.807, 2.05) is 44.2 Å². The van der Waals surface area contributed by atoms with Crippen LogP contribution in [0.15, 0.2) is 36.4 Å². The average Bonchev–Trinajstić information content (AvgIpc) is 3.16. The number of rotatable bonds is 7. The molecule has 3 rings (SSSR count). The van der Waals surface area contributed by atoms with Crippen LogP contribution in [0.1, 0.15) is 24.0 Å². The molecule has 1 aliphatic rings. The minimum Gasteiger partial charge on any atom is -0.491 e. The lowest BCUT2D eigenvalue weighted by atomic mass is 10.1. The topological polar surface area (TPSA) is 56.8 Å². The number of amides is 1. The van der Waals surface area contributed by atoms with Gasteiger partial charge in [-0.3, -0.25) is 4.79 Å². The Labute approximate surface area is 164 Å². The Morgan fingerprint density at radius 2 is 1.96 bits per heavy atom. The largest absolute Gasteiger partial charge is 0.491 e. The van der Waals surface area contributed by atoms with Crippen LogP contribution in [0.3, 0.4) is 0 Å². The number of nitrogens with one attached hydrogen (secondary N) is 1. The summed E-state index contributed by atoms with van der Waals surface area (Å²) in [5.74, 6) is 1.09. The highest BCUT2D eigenvalue weighted by Gasteiger charge is 2.16. The normalized spacial score (nSPS) is 16.2. The smallest absolute Gasteiger partial charge is 0.262 e. The Bertz CT molecular complexity index is 780. The highest BCUT2D eigenvalue weighted by Crippen LogP contribution is 2.26. The van der Waals surface area contributed by atoms with Crippen molar-refractivity contribution in [3.8, 4) is 11.5 Å². The molecule has 0 saturated carbocycles. The van der Waals surface area contributed by atoms with Crippen LogP contribution in [-0.2, 0) is 9.53 Å². The lowest BCUT2D eigenvalue weighted by Gasteiger charge is -2.13. The van der Waals surface area contributed by atoms with E-state index in [1.54, 1.807) is 6.07 Å². The molecule has 6 heteroatoms. The summed E-state index contributed by atoms with van der Waals surface area (Å²) in [6, 6.07) is 11.0. The first-order valence-corrected chi connectivity index (χ1v) is 9.43. The van der Waals surface area contributed by atoms with Gasteiger partial charge < -0.3 is 19.5 Å². The number of anilines is 1. The van der Waals surface area contributed by atoms with Crippen molar-refractivity contribution < 1.29 is 19.0 Å². The first-order chi connectivity index (χ1) is 13.0. The first kappa shape index (κ1) is 19.5. The van der Waals surface area contributed by atoms with Crippen molar-refractivity contribution in [2.45, 2.75) is 32.8 Å². The number of hydrogen-bond acceptors (Lipinski definition) is 4. The Kier molecular flexibility index (Phi) is 6.58. The van der Waals surface area contributed by atoms with E-state index in [0.717, 1.165) is 30.6 Å².